The van der Waals surface area contributed by atoms with E-state index in [0.29, 0.717) is 12.6 Å². The van der Waals surface area contributed by atoms with E-state index in [1.807, 2.05) is 6.92 Å². The second-order valence-corrected chi connectivity index (χ2v) is 5.54. The summed E-state index contributed by atoms with van der Waals surface area (Å²) in [7, 11) is 0. The lowest BCUT2D eigenvalue weighted by molar-refractivity contribution is -0.0492. The van der Waals surface area contributed by atoms with Crippen molar-refractivity contribution in [3.05, 3.63) is 0 Å². The minimum absolute atomic E-state index is 0.131. The number of ether oxygens (including phenoxy) is 1. The Morgan fingerprint density at radius 1 is 1.77 bits per heavy atom. The predicted molar refractivity (Wildman–Crippen MR) is 59.6 cm³/mol. The van der Waals surface area contributed by atoms with Gasteiger partial charge in [-0.3, -0.25) is 5.32 Å². The number of nitriles is 1. The second-order valence-electron chi connectivity index (χ2n) is 3.78. The molecule has 1 saturated carbocycles. The molecule has 0 aliphatic heterocycles. The van der Waals surface area contributed by atoms with Crippen LogP contribution in [-0.4, -0.2) is 22.3 Å². The van der Waals surface area contributed by atoms with Crippen LogP contribution in [0.25, 0.3) is 0 Å². The first-order chi connectivity index (χ1) is 6.06. The van der Waals surface area contributed by atoms with E-state index in [-0.39, 0.29) is 9.65 Å². The molecule has 1 aliphatic rings. The third-order valence-corrected chi connectivity index (χ3v) is 2.62. The van der Waals surface area contributed by atoms with Gasteiger partial charge in [-0.25, -0.2) is 0 Å². The molecule has 1 fully saturated rings. The van der Waals surface area contributed by atoms with Gasteiger partial charge >= 0.3 is 0 Å². The molecule has 13 heavy (non-hydrogen) atoms. The first-order valence-corrected chi connectivity index (χ1v) is 5.72. The average Bonchev–Trinajstić information content (AvgIpc) is 1.97. The summed E-state index contributed by atoms with van der Waals surface area (Å²) < 4.78 is 5.91. The molecular weight excluding hydrogens is 279 g/mol. The highest BCUT2D eigenvalue weighted by atomic mass is 127. The fraction of sp³-hybridized carbons (Fsp3) is 0.889. The zero-order chi connectivity index (χ0) is 9.90. The maximum Gasteiger partial charge on any atom is 0.106 e. The molecule has 0 amide bonds. The number of halogens is 1. The summed E-state index contributed by atoms with van der Waals surface area (Å²) >= 11 is 2.26. The van der Waals surface area contributed by atoms with Crippen LogP contribution in [-0.2, 0) is 4.74 Å². The number of rotatable bonds is 4. The maximum absolute atomic E-state index is 8.42. The first kappa shape index (κ1) is 11.2. The van der Waals surface area contributed by atoms with Gasteiger partial charge in [-0.15, -0.1) is 0 Å². The Morgan fingerprint density at radius 2 is 2.38 bits per heavy atom. The first-order valence-electron chi connectivity index (χ1n) is 4.47. The van der Waals surface area contributed by atoms with Crippen LogP contribution in [0.2, 0.25) is 0 Å². The van der Waals surface area contributed by atoms with Crippen LogP contribution in [0.1, 0.15) is 26.7 Å². The zero-order valence-electron chi connectivity index (χ0n) is 8.01. The van der Waals surface area contributed by atoms with E-state index in [9.17, 15) is 0 Å². The normalized spacial score (nSPS) is 34.8. The van der Waals surface area contributed by atoms with E-state index < -0.39 is 0 Å². The average molecular weight is 294 g/mol. The number of alkyl halides is 1. The predicted octanol–water partition coefficient (Wildman–Crippen LogP) is 1.82. The van der Waals surface area contributed by atoms with E-state index >= 15 is 0 Å². The molecule has 0 aromatic heterocycles. The van der Waals surface area contributed by atoms with Crippen LogP contribution in [0.3, 0.4) is 0 Å². The molecule has 4 heteroatoms. The molecule has 0 heterocycles. The molecule has 74 valence electrons. The summed E-state index contributed by atoms with van der Waals surface area (Å²) in [6.45, 7) is 4.62. The summed E-state index contributed by atoms with van der Waals surface area (Å²) in [5.41, 5.74) is 0.131. The van der Waals surface area contributed by atoms with Crippen molar-refractivity contribution < 1.29 is 4.74 Å². The van der Waals surface area contributed by atoms with Crippen molar-refractivity contribution in [3.63, 3.8) is 0 Å². The van der Waals surface area contributed by atoms with Crippen LogP contribution in [0.4, 0.5) is 0 Å². The summed E-state index contributed by atoms with van der Waals surface area (Å²) in [4.78, 5) is 0. The SMILES string of the molecule is CC(I)OC1CC(C)(NCC#N)C1. The Hall–Kier alpha value is 0.140. The quantitative estimate of drug-likeness (QED) is 0.489. The number of hydrogen-bond donors (Lipinski definition) is 1. The Labute approximate surface area is 93.0 Å². The summed E-state index contributed by atoms with van der Waals surface area (Å²) in [5.74, 6) is 0. The van der Waals surface area contributed by atoms with Gasteiger partial charge in [0.05, 0.1) is 18.7 Å². The highest BCUT2D eigenvalue weighted by Crippen LogP contribution is 2.35. The lowest BCUT2D eigenvalue weighted by atomic mass is 9.76. The smallest absolute Gasteiger partial charge is 0.106 e. The molecule has 0 aromatic rings. The Balaban J connectivity index is 2.19. The Bertz CT molecular complexity index is 206. The molecule has 0 saturated heterocycles. The van der Waals surface area contributed by atoms with Gasteiger partial charge in [0.25, 0.3) is 0 Å². The van der Waals surface area contributed by atoms with Gasteiger partial charge in [0, 0.05) is 5.54 Å². The van der Waals surface area contributed by atoms with E-state index in [1.54, 1.807) is 0 Å². The largest absolute Gasteiger partial charge is 0.365 e. The molecule has 1 rings (SSSR count). The Kier molecular flexibility index (Phi) is 3.95. The minimum atomic E-state index is 0.131. The molecule has 1 aliphatic carbocycles. The van der Waals surface area contributed by atoms with E-state index in [0.717, 1.165) is 12.8 Å². The van der Waals surface area contributed by atoms with Crippen LogP contribution in [0.15, 0.2) is 0 Å². The molecule has 0 aromatic carbocycles. The van der Waals surface area contributed by atoms with Crippen LogP contribution in [0, 0.1) is 11.3 Å². The van der Waals surface area contributed by atoms with Crippen molar-refractivity contribution in [2.24, 2.45) is 0 Å². The zero-order valence-corrected chi connectivity index (χ0v) is 10.2. The molecule has 1 atom stereocenters. The van der Waals surface area contributed by atoms with Gasteiger partial charge in [-0.05, 0) is 26.7 Å². The van der Waals surface area contributed by atoms with E-state index in [2.05, 4.69) is 40.9 Å². The maximum atomic E-state index is 8.42. The van der Waals surface area contributed by atoms with Crippen molar-refractivity contribution in [2.75, 3.05) is 6.54 Å². The molecular formula is C9H15IN2O. The molecule has 0 radical (unpaired) electrons. The summed E-state index contributed by atoms with van der Waals surface area (Å²) in [6, 6.07) is 2.09. The van der Waals surface area contributed by atoms with Crippen LogP contribution < -0.4 is 5.32 Å². The Morgan fingerprint density at radius 3 is 2.85 bits per heavy atom. The highest BCUT2D eigenvalue weighted by Gasteiger charge is 2.40. The van der Waals surface area contributed by atoms with Gasteiger partial charge in [-0.1, -0.05) is 22.6 Å². The second kappa shape index (κ2) is 4.58. The van der Waals surface area contributed by atoms with Crippen LogP contribution in [0.5, 0.6) is 0 Å². The van der Waals surface area contributed by atoms with Crippen molar-refractivity contribution in [1.82, 2.24) is 5.32 Å². The van der Waals surface area contributed by atoms with Crippen molar-refractivity contribution in [3.8, 4) is 6.07 Å². The monoisotopic (exact) mass is 294 g/mol. The van der Waals surface area contributed by atoms with Gasteiger partial charge in [-0.2, -0.15) is 5.26 Å². The van der Waals surface area contributed by atoms with Gasteiger partial charge in [0.1, 0.15) is 4.11 Å². The molecule has 1 N–H and O–H groups in total. The topological polar surface area (TPSA) is 45.0 Å². The highest BCUT2D eigenvalue weighted by molar-refractivity contribution is 14.1. The van der Waals surface area contributed by atoms with Gasteiger partial charge in [0.2, 0.25) is 0 Å². The third kappa shape index (κ3) is 3.41. The number of hydrogen-bond acceptors (Lipinski definition) is 3. The van der Waals surface area contributed by atoms with Crippen molar-refractivity contribution in [2.45, 2.75) is 42.4 Å². The fourth-order valence-corrected chi connectivity index (χ4v) is 2.12. The number of nitrogens with zero attached hydrogens (tertiary/aromatic N) is 1. The van der Waals surface area contributed by atoms with Gasteiger partial charge < -0.3 is 4.74 Å². The molecule has 0 spiro atoms. The molecule has 0 bridgehead atoms. The summed E-state index contributed by atoms with van der Waals surface area (Å²) in [5, 5.41) is 11.6. The van der Waals surface area contributed by atoms with Crippen LogP contribution >= 0.6 is 22.6 Å². The molecule has 1 unspecified atom stereocenters. The standard InChI is InChI=1S/C9H15IN2O/c1-7(10)13-8-5-9(2,6-8)12-4-3-11/h7-8,12H,4-6H2,1-2H3. The van der Waals surface area contributed by atoms with Crippen molar-refractivity contribution in [1.29, 1.82) is 5.26 Å². The van der Waals surface area contributed by atoms with Gasteiger partial charge in [0.15, 0.2) is 0 Å². The molecule has 3 nitrogen and oxygen atoms in total. The van der Waals surface area contributed by atoms with E-state index in [4.69, 9.17) is 10.00 Å². The fourth-order valence-electron chi connectivity index (χ4n) is 1.70. The minimum Gasteiger partial charge on any atom is -0.365 e. The lowest BCUT2D eigenvalue weighted by Gasteiger charge is -2.45. The number of nitrogens with one attached hydrogen (secondary N) is 1. The van der Waals surface area contributed by atoms with Crippen molar-refractivity contribution >= 4 is 22.6 Å². The lowest BCUT2D eigenvalue weighted by Crippen LogP contribution is -2.56. The third-order valence-electron chi connectivity index (χ3n) is 2.33. The summed E-state index contributed by atoms with van der Waals surface area (Å²) in [6.07, 6.45) is 2.41. The van der Waals surface area contributed by atoms with E-state index in [1.165, 1.54) is 0 Å².